The van der Waals surface area contributed by atoms with Crippen LogP contribution < -0.4 is 16.0 Å². The number of thiocarbonyl (C=S) groups is 1. The molecule has 1 amide bonds. The van der Waals surface area contributed by atoms with Gasteiger partial charge in [0.2, 0.25) is 0 Å². The maximum Gasteiger partial charge on any atom is 0.251 e. The third-order valence-electron chi connectivity index (χ3n) is 2.73. The Morgan fingerprint density at radius 2 is 1.75 bits per heavy atom. The van der Waals surface area contributed by atoms with Gasteiger partial charge in [-0.05, 0) is 43.3 Å². The second-order valence-corrected chi connectivity index (χ2v) is 5.87. The van der Waals surface area contributed by atoms with Gasteiger partial charge in [-0.25, -0.2) is 0 Å². The minimum atomic E-state index is -0.211. The highest BCUT2D eigenvalue weighted by atomic mass is 35.5. The molecule has 1 fully saturated rings. The summed E-state index contributed by atoms with van der Waals surface area (Å²) in [6.07, 6.45) is 2.35. The molecule has 108 valence electrons. The van der Waals surface area contributed by atoms with Crippen LogP contribution in [0, 0.1) is 0 Å². The molecule has 0 aliphatic heterocycles. The van der Waals surface area contributed by atoms with Gasteiger partial charge in [-0.1, -0.05) is 23.2 Å². The molecule has 20 heavy (non-hydrogen) atoms. The zero-order valence-electron chi connectivity index (χ0n) is 10.7. The molecular formula is C13H15Cl2N3OS. The lowest BCUT2D eigenvalue weighted by Gasteiger charge is -2.10. The minimum absolute atomic E-state index is 0.211. The highest BCUT2D eigenvalue weighted by molar-refractivity contribution is 7.80. The number of rotatable bonds is 5. The summed E-state index contributed by atoms with van der Waals surface area (Å²) in [5.41, 5.74) is 0.446. The second-order valence-electron chi connectivity index (χ2n) is 4.59. The predicted octanol–water partition coefficient (Wildman–Crippen LogP) is 2.35. The summed E-state index contributed by atoms with van der Waals surface area (Å²) in [4.78, 5) is 11.9. The summed E-state index contributed by atoms with van der Waals surface area (Å²) in [6.45, 7) is 1.04. The van der Waals surface area contributed by atoms with Gasteiger partial charge in [-0.15, -0.1) is 0 Å². The van der Waals surface area contributed by atoms with Crippen molar-refractivity contribution in [3.63, 3.8) is 0 Å². The van der Waals surface area contributed by atoms with E-state index in [1.54, 1.807) is 18.2 Å². The van der Waals surface area contributed by atoms with Crippen molar-refractivity contribution in [2.45, 2.75) is 18.9 Å². The van der Waals surface area contributed by atoms with Crippen molar-refractivity contribution in [2.75, 3.05) is 13.1 Å². The molecule has 0 spiro atoms. The number of amides is 1. The van der Waals surface area contributed by atoms with Gasteiger partial charge in [0.15, 0.2) is 5.11 Å². The van der Waals surface area contributed by atoms with Crippen molar-refractivity contribution >= 4 is 46.4 Å². The summed E-state index contributed by atoms with van der Waals surface area (Å²) in [6, 6.07) is 5.27. The molecule has 0 bridgehead atoms. The SMILES string of the molecule is O=C(NCCNC(=S)NC1CC1)c1cc(Cl)cc(Cl)c1. The van der Waals surface area contributed by atoms with Crippen molar-refractivity contribution in [2.24, 2.45) is 0 Å². The summed E-state index contributed by atoms with van der Waals surface area (Å²) in [7, 11) is 0. The number of carbonyl (C=O) groups is 1. The van der Waals surface area contributed by atoms with E-state index in [0.29, 0.717) is 39.9 Å². The number of nitrogens with one attached hydrogen (secondary N) is 3. The fourth-order valence-corrected chi connectivity index (χ4v) is 2.40. The Labute approximate surface area is 133 Å². The quantitative estimate of drug-likeness (QED) is 0.572. The number of halogens is 2. The van der Waals surface area contributed by atoms with Gasteiger partial charge in [-0.2, -0.15) is 0 Å². The van der Waals surface area contributed by atoms with E-state index in [0.717, 1.165) is 0 Å². The lowest BCUT2D eigenvalue weighted by atomic mass is 10.2. The fourth-order valence-electron chi connectivity index (χ4n) is 1.60. The van der Waals surface area contributed by atoms with Gasteiger partial charge < -0.3 is 16.0 Å². The standard InChI is InChI=1S/C13H15Cl2N3OS/c14-9-5-8(6-10(15)7-9)12(19)16-3-4-17-13(20)18-11-1-2-11/h5-7,11H,1-4H2,(H,16,19)(H2,17,18,20). The zero-order valence-corrected chi connectivity index (χ0v) is 13.0. The average molecular weight is 332 g/mol. The van der Waals surface area contributed by atoms with E-state index in [4.69, 9.17) is 35.4 Å². The van der Waals surface area contributed by atoms with Gasteiger partial charge in [0.1, 0.15) is 0 Å². The first kappa shape index (κ1) is 15.4. The van der Waals surface area contributed by atoms with E-state index in [-0.39, 0.29) is 5.91 Å². The predicted molar refractivity (Wildman–Crippen MR) is 85.6 cm³/mol. The lowest BCUT2D eigenvalue weighted by Crippen LogP contribution is -2.40. The van der Waals surface area contributed by atoms with Gasteiger partial charge in [0, 0.05) is 34.7 Å². The maximum atomic E-state index is 11.9. The molecule has 3 N–H and O–H groups in total. The van der Waals surface area contributed by atoms with Crippen molar-refractivity contribution in [1.82, 2.24) is 16.0 Å². The third-order valence-corrected chi connectivity index (χ3v) is 3.43. The topological polar surface area (TPSA) is 53.2 Å². The zero-order chi connectivity index (χ0) is 14.5. The molecule has 1 saturated carbocycles. The third kappa shape index (κ3) is 5.15. The summed E-state index contributed by atoms with van der Waals surface area (Å²) >= 11 is 16.8. The summed E-state index contributed by atoms with van der Waals surface area (Å²) in [5.74, 6) is -0.211. The first-order valence-corrected chi connectivity index (χ1v) is 7.49. The van der Waals surface area contributed by atoms with Crippen molar-refractivity contribution in [1.29, 1.82) is 0 Å². The highest BCUT2D eigenvalue weighted by Crippen LogP contribution is 2.19. The van der Waals surface area contributed by atoms with Gasteiger partial charge in [0.25, 0.3) is 5.91 Å². The first-order valence-electron chi connectivity index (χ1n) is 6.33. The highest BCUT2D eigenvalue weighted by Gasteiger charge is 2.21. The molecule has 1 aromatic rings. The largest absolute Gasteiger partial charge is 0.361 e. The summed E-state index contributed by atoms with van der Waals surface area (Å²) in [5, 5.41) is 10.5. The van der Waals surface area contributed by atoms with Gasteiger partial charge >= 0.3 is 0 Å². The van der Waals surface area contributed by atoms with Gasteiger partial charge in [-0.3, -0.25) is 4.79 Å². The van der Waals surface area contributed by atoms with Crippen LogP contribution in [0.3, 0.4) is 0 Å². The van der Waals surface area contributed by atoms with Crippen LogP contribution in [0.1, 0.15) is 23.2 Å². The van der Waals surface area contributed by atoms with E-state index < -0.39 is 0 Å². The Morgan fingerprint density at radius 1 is 1.15 bits per heavy atom. The van der Waals surface area contributed by atoms with Crippen molar-refractivity contribution in [3.05, 3.63) is 33.8 Å². The molecule has 4 nitrogen and oxygen atoms in total. The number of carbonyl (C=O) groups excluding carboxylic acids is 1. The monoisotopic (exact) mass is 331 g/mol. The minimum Gasteiger partial charge on any atom is -0.361 e. The smallest absolute Gasteiger partial charge is 0.251 e. The molecule has 1 aliphatic rings. The van der Waals surface area contributed by atoms with Crippen LogP contribution in [0.5, 0.6) is 0 Å². The van der Waals surface area contributed by atoms with E-state index >= 15 is 0 Å². The van der Waals surface area contributed by atoms with Crippen LogP contribution in [0.15, 0.2) is 18.2 Å². The molecule has 1 aliphatic carbocycles. The first-order chi connectivity index (χ1) is 9.54. The molecule has 0 heterocycles. The average Bonchev–Trinajstić information content (AvgIpc) is 3.17. The number of hydrogen-bond acceptors (Lipinski definition) is 2. The molecule has 0 aromatic heterocycles. The van der Waals surface area contributed by atoms with E-state index in [9.17, 15) is 4.79 Å². The van der Waals surface area contributed by atoms with Crippen LogP contribution in [0.2, 0.25) is 10.0 Å². The van der Waals surface area contributed by atoms with Crippen molar-refractivity contribution < 1.29 is 4.79 Å². The van der Waals surface area contributed by atoms with E-state index in [1.807, 2.05) is 0 Å². The molecule has 7 heteroatoms. The molecule has 0 atom stereocenters. The fraction of sp³-hybridized carbons (Fsp3) is 0.385. The molecular weight excluding hydrogens is 317 g/mol. The molecule has 2 rings (SSSR count). The Hall–Kier alpha value is -1.04. The number of hydrogen-bond donors (Lipinski definition) is 3. The Morgan fingerprint density at radius 3 is 2.35 bits per heavy atom. The molecule has 1 aromatic carbocycles. The van der Waals surface area contributed by atoms with E-state index in [2.05, 4.69) is 16.0 Å². The maximum absolute atomic E-state index is 11.9. The summed E-state index contributed by atoms with van der Waals surface area (Å²) < 4.78 is 0. The van der Waals surface area contributed by atoms with Crippen LogP contribution >= 0.6 is 35.4 Å². The van der Waals surface area contributed by atoms with Crippen LogP contribution in [0.25, 0.3) is 0 Å². The lowest BCUT2D eigenvalue weighted by molar-refractivity contribution is 0.0954. The van der Waals surface area contributed by atoms with Crippen LogP contribution in [-0.2, 0) is 0 Å². The molecule has 0 unspecified atom stereocenters. The van der Waals surface area contributed by atoms with Crippen LogP contribution in [0.4, 0.5) is 0 Å². The normalized spacial score (nSPS) is 13.7. The van der Waals surface area contributed by atoms with Crippen molar-refractivity contribution in [3.8, 4) is 0 Å². The number of benzene rings is 1. The molecule has 0 radical (unpaired) electrons. The van der Waals surface area contributed by atoms with Crippen LogP contribution in [-0.4, -0.2) is 30.2 Å². The Bertz CT molecular complexity index is 500. The van der Waals surface area contributed by atoms with E-state index in [1.165, 1.54) is 12.8 Å². The Kier molecular flexibility index (Phi) is 5.46. The second kappa shape index (κ2) is 7.11. The van der Waals surface area contributed by atoms with Gasteiger partial charge in [0.05, 0.1) is 0 Å². The molecule has 0 saturated heterocycles. The Balaban J connectivity index is 1.70.